The van der Waals surface area contributed by atoms with Crippen LogP contribution in [0.3, 0.4) is 0 Å². The van der Waals surface area contributed by atoms with Crippen molar-refractivity contribution >= 4 is 40.8 Å². The molecule has 4 aliphatic rings. The molecule has 0 N–H and O–H groups in total. The van der Waals surface area contributed by atoms with Crippen LogP contribution in [0, 0.1) is 12.7 Å². The minimum Gasteiger partial charge on any atom is -0.366 e. The summed E-state index contributed by atoms with van der Waals surface area (Å²) in [7, 11) is 2.07. The Hall–Kier alpha value is -1.72. The van der Waals surface area contributed by atoms with Gasteiger partial charge in [-0.2, -0.15) is 0 Å². The van der Waals surface area contributed by atoms with Crippen molar-refractivity contribution in [1.29, 1.82) is 0 Å². The number of thioether (sulfide) groups is 1. The lowest BCUT2D eigenvalue weighted by Gasteiger charge is -2.45. The average Bonchev–Trinajstić information content (AvgIpc) is 3.51. The van der Waals surface area contributed by atoms with Crippen molar-refractivity contribution in [3.05, 3.63) is 40.0 Å². The fourth-order valence-corrected chi connectivity index (χ4v) is 7.81. The van der Waals surface area contributed by atoms with E-state index in [1.807, 2.05) is 24.8 Å². The maximum absolute atomic E-state index is 15.5. The third kappa shape index (κ3) is 5.60. The van der Waals surface area contributed by atoms with Gasteiger partial charge in [-0.1, -0.05) is 17.8 Å². The molecule has 0 aliphatic carbocycles. The van der Waals surface area contributed by atoms with Crippen LogP contribution in [0.15, 0.2) is 23.1 Å². The van der Waals surface area contributed by atoms with Crippen molar-refractivity contribution in [3.63, 3.8) is 0 Å². The van der Waals surface area contributed by atoms with Gasteiger partial charge in [0.1, 0.15) is 41.8 Å². The molecule has 39 heavy (non-hydrogen) atoms. The van der Waals surface area contributed by atoms with E-state index >= 15 is 8.78 Å². The number of nitrogens with zero attached hydrogens (tertiary/aromatic N) is 4. The van der Waals surface area contributed by atoms with Crippen LogP contribution in [0.4, 0.5) is 8.78 Å². The van der Waals surface area contributed by atoms with Crippen LogP contribution in [-0.4, -0.2) is 112 Å². The number of alkyl halides is 2. The lowest BCUT2D eigenvalue weighted by Crippen LogP contribution is -2.59. The third-order valence-electron chi connectivity index (χ3n) is 8.05. The molecule has 5 atom stereocenters. The normalized spacial score (nSPS) is 29.5. The number of benzene rings is 1. The van der Waals surface area contributed by atoms with Crippen LogP contribution in [0.25, 0.3) is 5.70 Å². The number of halogens is 3. The number of aryl methyl sites for hydroxylation is 1. The number of rotatable bonds is 6. The summed E-state index contributed by atoms with van der Waals surface area (Å²) in [6.45, 7) is 9.91. The fourth-order valence-electron chi connectivity index (χ4n) is 6.09. The topological polar surface area (TPSA) is 56.3 Å². The molecule has 5 unspecified atom stereocenters. The largest absolute Gasteiger partial charge is 0.366 e. The van der Waals surface area contributed by atoms with E-state index in [0.717, 1.165) is 36.6 Å². The van der Waals surface area contributed by atoms with Crippen molar-refractivity contribution in [3.8, 4) is 0 Å². The van der Waals surface area contributed by atoms with Gasteiger partial charge in [-0.15, -0.1) is 11.6 Å². The Morgan fingerprint density at radius 2 is 1.92 bits per heavy atom. The monoisotopic (exact) mass is 582 g/mol. The van der Waals surface area contributed by atoms with Gasteiger partial charge in [0.25, 0.3) is 0 Å². The number of carbonyl (C=O) groups excluding carboxylic acids is 2. The predicted octanol–water partition coefficient (Wildman–Crippen LogP) is 3.70. The van der Waals surface area contributed by atoms with Crippen LogP contribution < -0.4 is 0 Å². The van der Waals surface area contributed by atoms with E-state index in [9.17, 15) is 9.59 Å². The van der Waals surface area contributed by atoms with E-state index < -0.39 is 29.2 Å². The smallest absolute Gasteiger partial charge is 0.246 e. The van der Waals surface area contributed by atoms with Crippen molar-refractivity contribution < 1.29 is 23.1 Å². The molecule has 4 aliphatic heterocycles. The average molecular weight is 583 g/mol. The first-order valence-electron chi connectivity index (χ1n) is 13.5. The Morgan fingerprint density at radius 1 is 1.23 bits per heavy atom. The number of hydrogen-bond acceptors (Lipinski definition) is 7. The summed E-state index contributed by atoms with van der Waals surface area (Å²) in [5.41, 5.74) is -0.272. The van der Waals surface area contributed by atoms with Gasteiger partial charge in [0.2, 0.25) is 5.91 Å². The van der Waals surface area contributed by atoms with Gasteiger partial charge >= 0.3 is 0 Å². The molecule has 3 fully saturated rings. The van der Waals surface area contributed by atoms with E-state index in [2.05, 4.69) is 16.8 Å². The number of likely N-dealkylation sites (N-methyl/N-ethyl adjacent to an activating group) is 1. The Kier molecular flexibility index (Phi) is 8.07. The fraction of sp³-hybridized carbons (Fsp3) is 0.643. The predicted molar refractivity (Wildman–Crippen MR) is 149 cm³/mol. The number of ketones is 1. The first-order chi connectivity index (χ1) is 18.4. The van der Waals surface area contributed by atoms with Crippen LogP contribution in [0.5, 0.6) is 0 Å². The third-order valence-corrected chi connectivity index (χ3v) is 9.72. The van der Waals surface area contributed by atoms with Gasteiger partial charge in [-0.05, 0) is 52.4 Å². The van der Waals surface area contributed by atoms with Crippen LogP contribution in [-0.2, 0) is 14.3 Å². The Balaban J connectivity index is 1.59. The van der Waals surface area contributed by atoms with Crippen LogP contribution in [0.1, 0.15) is 38.3 Å². The number of carbonyl (C=O) groups is 2. The lowest BCUT2D eigenvalue weighted by atomic mass is 9.96. The highest BCUT2D eigenvalue weighted by atomic mass is 35.5. The van der Waals surface area contributed by atoms with Gasteiger partial charge in [-0.25, -0.2) is 8.78 Å². The molecule has 0 aromatic heterocycles. The quantitative estimate of drug-likeness (QED) is 0.474. The standard InChI is InChI=1S/C28H37ClF2N4O3S/c1-16-6-7-18(20(30)12-16)23-17(2)39-27(33-10-8-32(5)9-11-33)35(23)21(13-28(3,4)31)26(37)34-14-19(29)25-24(34)22(36)15-38-25/h6-7,12,19,21,24-25,27H,8-11,13-15H2,1-5H3. The summed E-state index contributed by atoms with van der Waals surface area (Å²) in [6, 6.07) is 3.30. The first-order valence-corrected chi connectivity index (χ1v) is 14.8. The van der Waals surface area contributed by atoms with Crippen LogP contribution in [0.2, 0.25) is 0 Å². The van der Waals surface area contributed by atoms with Gasteiger partial charge in [0, 0.05) is 49.6 Å². The summed E-state index contributed by atoms with van der Waals surface area (Å²) < 4.78 is 36.6. The van der Waals surface area contributed by atoms with E-state index in [4.69, 9.17) is 16.3 Å². The molecule has 3 saturated heterocycles. The number of amides is 1. The Bertz CT molecular complexity index is 1170. The highest BCUT2D eigenvalue weighted by molar-refractivity contribution is 8.04. The number of piperazine rings is 1. The minimum absolute atomic E-state index is 0.0933. The summed E-state index contributed by atoms with van der Waals surface area (Å²) >= 11 is 8.09. The molecule has 11 heteroatoms. The van der Waals surface area contributed by atoms with Gasteiger partial charge < -0.3 is 19.4 Å². The van der Waals surface area contributed by atoms with Crippen molar-refractivity contribution in [2.75, 3.05) is 46.4 Å². The van der Waals surface area contributed by atoms with E-state index in [1.54, 1.807) is 17.8 Å². The van der Waals surface area contributed by atoms with E-state index in [1.165, 1.54) is 24.8 Å². The van der Waals surface area contributed by atoms with E-state index in [-0.39, 0.29) is 42.6 Å². The second-order valence-electron chi connectivity index (χ2n) is 11.7. The molecule has 4 heterocycles. The zero-order chi connectivity index (χ0) is 28.2. The minimum atomic E-state index is -1.71. The summed E-state index contributed by atoms with van der Waals surface area (Å²) in [5.74, 6) is -0.962. The molecule has 1 aromatic rings. The number of Topliss-reactive ketones (excluding diaryl/α,β-unsaturated/α-hetero) is 1. The zero-order valence-corrected chi connectivity index (χ0v) is 24.7. The Morgan fingerprint density at radius 3 is 2.56 bits per heavy atom. The highest BCUT2D eigenvalue weighted by Crippen LogP contribution is 2.48. The molecular formula is C28H37ClF2N4O3S. The van der Waals surface area contributed by atoms with Crippen molar-refractivity contribution in [2.45, 2.75) is 68.8 Å². The molecule has 0 saturated carbocycles. The summed E-state index contributed by atoms with van der Waals surface area (Å²) in [5, 5.41) is -0.530. The number of ether oxygens (including phenoxy) is 1. The molecule has 0 radical (unpaired) electrons. The molecular weight excluding hydrogens is 546 g/mol. The molecule has 1 aromatic carbocycles. The molecule has 7 nitrogen and oxygen atoms in total. The van der Waals surface area contributed by atoms with Crippen molar-refractivity contribution in [1.82, 2.24) is 19.6 Å². The number of hydrogen-bond donors (Lipinski definition) is 0. The second-order valence-corrected chi connectivity index (χ2v) is 13.5. The van der Waals surface area contributed by atoms with Gasteiger partial charge in [0.05, 0.1) is 11.1 Å². The number of fused-ring (bicyclic) bond motifs is 1. The second kappa shape index (κ2) is 10.9. The van der Waals surface area contributed by atoms with Crippen LogP contribution >= 0.6 is 23.4 Å². The molecule has 214 valence electrons. The summed E-state index contributed by atoms with van der Waals surface area (Å²) in [4.78, 5) is 36.0. The molecule has 1 amide bonds. The number of likely N-dealkylation sites (tertiary alicyclic amines) is 1. The SMILES string of the molecule is CC1=C(c2ccc(C)cc2F)N(C(CC(C)(C)F)C(=O)N2CC(Cl)C3OCC(=O)C32)C(N2CCN(C)CC2)S1. The Labute approximate surface area is 238 Å². The molecule has 5 rings (SSSR count). The van der Waals surface area contributed by atoms with Gasteiger partial charge in [-0.3, -0.25) is 14.5 Å². The van der Waals surface area contributed by atoms with E-state index in [0.29, 0.717) is 11.3 Å². The highest BCUT2D eigenvalue weighted by Gasteiger charge is 2.55. The lowest BCUT2D eigenvalue weighted by molar-refractivity contribution is -0.142. The summed E-state index contributed by atoms with van der Waals surface area (Å²) in [6.07, 6.45) is -0.702. The van der Waals surface area contributed by atoms with Gasteiger partial charge in [0.15, 0.2) is 5.78 Å². The maximum atomic E-state index is 15.5. The maximum Gasteiger partial charge on any atom is 0.246 e. The number of allylic oxidation sites excluding steroid dienone is 1. The molecule has 0 spiro atoms. The zero-order valence-electron chi connectivity index (χ0n) is 23.1. The molecule has 0 bridgehead atoms. The van der Waals surface area contributed by atoms with Crippen molar-refractivity contribution in [2.24, 2.45) is 0 Å². The first kappa shape index (κ1) is 28.8.